The van der Waals surface area contributed by atoms with Gasteiger partial charge >= 0.3 is 6.09 Å². The highest BCUT2D eigenvalue weighted by atomic mass is 35.5. The SMILES string of the molecule is COc1ccc(C[C@H](NC(=O)OCc2ccccc2)C(=O)NCC2C=C(Cl)NO2)cc1. The Morgan fingerprint density at radius 1 is 1.13 bits per heavy atom. The average molecular weight is 446 g/mol. The minimum absolute atomic E-state index is 0.106. The van der Waals surface area contributed by atoms with Crippen molar-refractivity contribution in [3.05, 3.63) is 77.0 Å². The zero-order chi connectivity index (χ0) is 22.1. The molecular formula is C22H24ClN3O5. The molecule has 2 amide bonds. The number of hydroxylamine groups is 1. The van der Waals surface area contributed by atoms with Crippen molar-refractivity contribution in [2.75, 3.05) is 13.7 Å². The standard InChI is InChI=1S/C22H24ClN3O5/c1-29-17-9-7-15(8-10-17)11-19(21(27)24-13-18-12-20(23)26-31-18)25-22(28)30-14-16-5-3-2-4-6-16/h2-10,12,18-19,26H,11,13-14H2,1H3,(H,24,27)(H,25,28)/t18?,19-/m0/s1. The van der Waals surface area contributed by atoms with E-state index in [-0.39, 0.29) is 25.5 Å². The Morgan fingerprint density at radius 3 is 2.52 bits per heavy atom. The number of hydrogen-bond acceptors (Lipinski definition) is 6. The number of amides is 2. The number of benzene rings is 2. The summed E-state index contributed by atoms with van der Waals surface area (Å²) >= 11 is 5.80. The van der Waals surface area contributed by atoms with Gasteiger partial charge < -0.3 is 20.1 Å². The summed E-state index contributed by atoms with van der Waals surface area (Å²) in [6.07, 6.45) is 0.834. The molecule has 1 aliphatic heterocycles. The van der Waals surface area contributed by atoms with Gasteiger partial charge in [-0.15, -0.1) is 0 Å². The van der Waals surface area contributed by atoms with Crippen LogP contribution in [0.25, 0.3) is 0 Å². The second kappa shape index (κ2) is 11.2. The molecule has 0 aromatic heterocycles. The molecule has 2 aromatic carbocycles. The van der Waals surface area contributed by atoms with Crippen LogP contribution < -0.4 is 20.9 Å². The fourth-order valence-electron chi connectivity index (χ4n) is 2.90. The Kier molecular flexibility index (Phi) is 8.14. The molecule has 1 aliphatic rings. The number of rotatable bonds is 9. The zero-order valence-corrected chi connectivity index (χ0v) is 17.7. The average Bonchev–Trinajstić information content (AvgIpc) is 3.22. The van der Waals surface area contributed by atoms with Crippen LogP contribution >= 0.6 is 11.6 Å². The van der Waals surface area contributed by atoms with Crippen molar-refractivity contribution in [1.29, 1.82) is 0 Å². The molecule has 8 nitrogen and oxygen atoms in total. The van der Waals surface area contributed by atoms with Crippen LogP contribution in [0.5, 0.6) is 5.75 Å². The van der Waals surface area contributed by atoms with Crippen molar-refractivity contribution in [3.8, 4) is 5.75 Å². The minimum Gasteiger partial charge on any atom is -0.497 e. The van der Waals surface area contributed by atoms with E-state index in [4.69, 9.17) is 25.9 Å². The molecule has 164 valence electrons. The number of alkyl carbamates (subject to hydrolysis) is 1. The lowest BCUT2D eigenvalue weighted by atomic mass is 10.1. The van der Waals surface area contributed by atoms with Gasteiger partial charge in [0.25, 0.3) is 0 Å². The molecule has 0 saturated heterocycles. The summed E-state index contributed by atoms with van der Waals surface area (Å²) in [7, 11) is 1.58. The third-order valence-electron chi connectivity index (χ3n) is 4.54. The van der Waals surface area contributed by atoms with Gasteiger partial charge in [-0.3, -0.25) is 15.1 Å². The van der Waals surface area contributed by atoms with Gasteiger partial charge in [0.05, 0.1) is 13.7 Å². The molecule has 3 rings (SSSR count). The monoisotopic (exact) mass is 445 g/mol. The van der Waals surface area contributed by atoms with Crippen molar-refractivity contribution >= 4 is 23.6 Å². The van der Waals surface area contributed by atoms with Crippen LogP contribution in [0.3, 0.4) is 0 Å². The van der Waals surface area contributed by atoms with Gasteiger partial charge in [-0.1, -0.05) is 54.1 Å². The van der Waals surface area contributed by atoms with Crippen LogP contribution in [0.15, 0.2) is 65.8 Å². The van der Waals surface area contributed by atoms with Crippen molar-refractivity contribution in [3.63, 3.8) is 0 Å². The van der Waals surface area contributed by atoms with Crippen LogP contribution in [0, 0.1) is 0 Å². The van der Waals surface area contributed by atoms with Crippen molar-refractivity contribution in [1.82, 2.24) is 16.1 Å². The zero-order valence-electron chi connectivity index (χ0n) is 17.0. The molecule has 0 spiro atoms. The fourth-order valence-corrected chi connectivity index (χ4v) is 3.09. The molecule has 31 heavy (non-hydrogen) atoms. The Bertz CT molecular complexity index is 905. The molecule has 9 heteroatoms. The number of carbonyl (C=O) groups excluding carboxylic acids is 2. The van der Waals surface area contributed by atoms with E-state index in [1.807, 2.05) is 42.5 Å². The first-order chi connectivity index (χ1) is 15.0. The smallest absolute Gasteiger partial charge is 0.408 e. The number of carbonyl (C=O) groups is 2. The third kappa shape index (κ3) is 7.20. The Morgan fingerprint density at radius 2 is 1.87 bits per heavy atom. The summed E-state index contributed by atoms with van der Waals surface area (Å²) < 4.78 is 10.4. The summed E-state index contributed by atoms with van der Waals surface area (Å²) in [6, 6.07) is 15.7. The van der Waals surface area contributed by atoms with Gasteiger partial charge in [0.15, 0.2) is 0 Å². The number of ether oxygens (including phenoxy) is 2. The molecule has 0 aliphatic carbocycles. The van der Waals surface area contributed by atoms with Crippen LogP contribution in [0.2, 0.25) is 0 Å². The number of methoxy groups -OCH3 is 1. The lowest BCUT2D eigenvalue weighted by Crippen LogP contribution is -2.49. The number of nitrogens with one attached hydrogen (secondary N) is 3. The maximum absolute atomic E-state index is 12.8. The largest absolute Gasteiger partial charge is 0.497 e. The summed E-state index contributed by atoms with van der Waals surface area (Å²) in [6.45, 7) is 0.302. The van der Waals surface area contributed by atoms with E-state index in [0.717, 1.165) is 11.1 Å². The fraction of sp³-hybridized carbons (Fsp3) is 0.273. The quantitative estimate of drug-likeness (QED) is 0.513. The van der Waals surface area contributed by atoms with E-state index in [2.05, 4.69) is 16.1 Å². The van der Waals surface area contributed by atoms with Gasteiger partial charge in [-0.25, -0.2) is 4.79 Å². The van der Waals surface area contributed by atoms with Crippen molar-refractivity contribution < 1.29 is 23.9 Å². The lowest BCUT2D eigenvalue weighted by molar-refractivity contribution is -0.123. The van der Waals surface area contributed by atoms with Gasteiger partial charge in [-0.2, -0.15) is 0 Å². The number of hydrogen-bond donors (Lipinski definition) is 3. The molecule has 0 fully saturated rings. The van der Waals surface area contributed by atoms with Crippen molar-refractivity contribution in [2.24, 2.45) is 0 Å². The molecule has 3 N–H and O–H groups in total. The van der Waals surface area contributed by atoms with E-state index >= 15 is 0 Å². The number of halogens is 1. The Labute approximate surface area is 185 Å². The summed E-state index contributed by atoms with van der Waals surface area (Å²) in [5.74, 6) is 0.335. The summed E-state index contributed by atoms with van der Waals surface area (Å²) in [5.41, 5.74) is 4.21. The highest BCUT2D eigenvalue weighted by Gasteiger charge is 2.24. The molecule has 1 unspecified atom stereocenters. The predicted octanol–water partition coefficient (Wildman–Crippen LogP) is 2.63. The van der Waals surface area contributed by atoms with Crippen LogP contribution in [0.4, 0.5) is 4.79 Å². The summed E-state index contributed by atoms with van der Waals surface area (Å²) in [5, 5.41) is 5.77. The second-order valence-electron chi connectivity index (χ2n) is 6.83. The van der Waals surface area contributed by atoms with Crippen LogP contribution in [-0.4, -0.2) is 37.8 Å². The molecule has 1 heterocycles. The molecule has 2 atom stereocenters. The molecule has 0 bridgehead atoms. The van der Waals surface area contributed by atoms with Crippen LogP contribution in [-0.2, 0) is 27.4 Å². The highest BCUT2D eigenvalue weighted by molar-refractivity contribution is 6.29. The van der Waals surface area contributed by atoms with Crippen LogP contribution in [0.1, 0.15) is 11.1 Å². The Balaban J connectivity index is 1.60. The molecule has 2 aromatic rings. The van der Waals surface area contributed by atoms with Gasteiger partial charge in [0.1, 0.15) is 29.7 Å². The summed E-state index contributed by atoms with van der Waals surface area (Å²) in [4.78, 5) is 30.3. The van der Waals surface area contributed by atoms with E-state index in [9.17, 15) is 9.59 Å². The van der Waals surface area contributed by atoms with Crippen molar-refractivity contribution in [2.45, 2.75) is 25.2 Å². The van der Waals surface area contributed by atoms with Gasteiger partial charge in [0.2, 0.25) is 5.91 Å². The lowest BCUT2D eigenvalue weighted by Gasteiger charge is -2.19. The molecule has 0 saturated carbocycles. The normalized spacial score (nSPS) is 15.9. The van der Waals surface area contributed by atoms with E-state index in [1.165, 1.54) is 0 Å². The predicted molar refractivity (Wildman–Crippen MR) is 115 cm³/mol. The van der Waals surface area contributed by atoms with E-state index < -0.39 is 18.2 Å². The highest BCUT2D eigenvalue weighted by Crippen LogP contribution is 2.13. The molecule has 0 radical (unpaired) electrons. The topological polar surface area (TPSA) is 97.9 Å². The maximum Gasteiger partial charge on any atom is 0.408 e. The first-order valence-corrected chi connectivity index (χ1v) is 10.1. The van der Waals surface area contributed by atoms with Gasteiger partial charge in [0, 0.05) is 6.42 Å². The minimum atomic E-state index is -0.842. The van der Waals surface area contributed by atoms with E-state index in [1.54, 1.807) is 25.3 Å². The Hall–Kier alpha value is -3.23. The van der Waals surface area contributed by atoms with E-state index in [0.29, 0.717) is 10.9 Å². The molecular weight excluding hydrogens is 422 g/mol. The first-order valence-electron chi connectivity index (χ1n) is 9.70. The first kappa shape index (κ1) is 22.5. The van der Waals surface area contributed by atoms with Gasteiger partial charge in [-0.05, 0) is 29.3 Å². The second-order valence-corrected chi connectivity index (χ2v) is 7.24. The third-order valence-corrected chi connectivity index (χ3v) is 4.74. The maximum atomic E-state index is 12.8.